The molecule has 0 atom stereocenters. The van der Waals surface area contributed by atoms with E-state index >= 15 is 0 Å². The molecule has 126 valence electrons. The standard InChI is InChI=1S/C21H25NO2/c1-16-7-6-8-17(15-16)21(13-4-3-5-14-21)20(23)22-18-9-11-19(24-2)12-10-18/h6-12,15H,3-5,13-14H2,1-2H3,(H,22,23). The van der Waals surface area contributed by atoms with Crippen LogP contribution in [0.1, 0.15) is 43.2 Å². The molecule has 0 aliphatic heterocycles. The fourth-order valence-corrected chi connectivity index (χ4v) is 3.67. The Morgan fingerprint density at radius 1 is 1.04 bits per heavy atom. The van der Waals surface area contributed by atoms with Crippen molar-refractivity contribution in [2.45, 2.75) is 44.4 Å². The van der Waals surface area contributed by atoms with Gasteiger partial charge in [0.2, 0.25) is 5.91 Å². The Hall–Kier alpha value is -2.29. The van der Waals surface area contributed by atoms with Gasteiger partial charge in [0.15, 0.2) is 0 Å². The Kier molecular flexibility index (Phi) is 4.89. The van der Waals surface area contributed by atoms with Crippen LogP contribution in [-0.2, 0) is 10.2 Å². The third-order valence-electron chi connectivity index (χ3n) is 5.06. The number of nitrogens with one attached hydrogen (secondary N) is 1. The number of hydrogen-bond acceptors (Lipinski definition) is 2. The summed E-state index contributed by atoms with van der Waals surface area (Å²) in [5.74, 6) is 0.900. The molecule has 1 N–H and O–H groups in total. The molecule has 1 saturated carbocycles. The summed E-state index contributed by atoms with van der Waals surface area (Å²) in [5, 5.41) is 3.13. The highest BCUT2D eigenvalue weighted by Gasteiger charge is 2.41. The van der Waals surface area contributed by atoms with E-state index in [1.165, 1.54) is 12.0 Å². The summed E-state index contributed by atoms with van der Waals surface area (Å²) in [7, 11) is 1.64. The van der Waals surface area contributed by atoms with Crippen LogP contribution in [0.25, 0.3) is 0 Å². The number of anilines is 1. The van der Waals surface area contributed by atoms with Crippen molar-refractivity contribution in [2.75, 3.05) is 12.4 Å². The number of carbonyl (C=O) groups is 1. The number of amides is 1. The van der Waals surface area contributed by atoms with Crippen LogP contribution in [0, 0.1) is 6.92 Å². The summed E-state index contributed by atoms with van der Waals surface area (Å²) < 4.78 is 5.18. The van der Waals surface area contributed by atoms with Crippen molar-refractivity contribution in [3.8, 4) is 5.75 Å². The second kappa shape index (κ2) is 7.08. The van der Waals surface area contributed by atoms with E-state index in [2.05, 4.69) is 36.5 Å². The largest absolute Gasteiger partial charge is 0.497 e. The average Bonchev–Trinajstić information content (AvgIpc) is 2.63. The van der Waals surface area contributed by atoms with Gasteiger partial charge in [0.05, 0.1) is 12.5 Å². The predicted octanol–water partition coefficient (Wildman–Crippen LogP) is 4.84. The summed E-state index contributed by atoms with van der Waals surface area (Å²) >= 11 is 0. The first kappa shape index (κ1) is 16.6. The molecular formula is C21H25NO2. The Morgan fingerprint density at radius 3 is 2.38 bits per heavy atom. The number of aryl methyl sites for hydroxylation is 1. The van der Waals surface area contributed by atoms with E-state index in [0.29, 0.717) is 0 Å². The Balaban J connectivity index is 1.88. The lowest BCUT2D eigenvalue weighted by Gasteiger charge is -2.36. The maximum absolute atomic E-state index is 13.2. The molecule has 0 radical (unpaired) electrons. The zero-order valence-corrected chi connectivity index (χ0v) is 14.5. The first-order chi connectivity index (χ1) is 11.6. The molecule has 24 heavy (non-hydrogen) atoms. The molecule has 1 fully saturated rings. The van der Waals surface area contributed by atoms with E-state index in [1.54, 1.807) is 7.11 Å². The highest BCUT2D eigenvalue weighted by Crippen LogP contribution is 2.40. The third kappa shape index (κ3) is 3.30. The van der Waals surface area contributed by atoms with E-state index < -0.39 is 5.41 Å². The molecule has 0 saturated heterocycles. The van der Waals surface area contributed by atoms with Crippen LogP contribution in [0.3, 0.4) is 0 Å². The number of ether oxygens (including phenoxy) is 1. The zero-order chi connectivity index (χ0) is 17.0. The molecule has 0 aromatic heterocycles. The topological polar surface area (TPSA) is 38.3 Å². The van der Waals surface area contributed by atoms with Crippen molar-refractivity contribution in [3.05, 3.63) is 59.7 Å². The quantitative estimate of drug-likeness (QED) is 0.874. The van der Waals surface area contributed by atoms with Gasteiger partial charge in [0.25, 0.3) is 0 Å². The van der Waals surface area contributed by atoms with Crippen LogP contribution in [0.2, 0.25) is 0 Å². The molecule has 3 rings (SSSR count). The van der Waals surface area contributed by atoms with Crippen LogP contribution >= 0.6 is 0 Å². The molecule has 1 aliphatic carbocycles. The minimum atomic E-state index is -0.413. The van der Waals surface area contributed by atoms with Crippen LogP contribution in [0.15, 0.2) is 48.5 Å². The minimum absolute atomic E-state index is 0.109. The van der Waals surface area contributed by atoms with Crippen molar-refractivity contribution < 1.29 is 9.53 Å². The summed E-state index contributed by atoms with van der Waals surface area (Å²) in [5.41, 5.74) is 2.76. The lowest BCUT2D eigenvalue weighted by molar-refractivity contribution is -0.122. The van der Waals surface area contributed by atoms with Gasteiger partial charge in [-0.3, -0.25) is 4.79 Å². The minimum Gasteiger partial charge on any atom is -0.497 e. The number of benzene rings is 2. The van der Waals surface area contributed by atoms with Crippen LogP contribution in [0.5, 0.6) is 5.75 Å². The molecule has 2 aromatic rings. The van der Waals surface area contributed by atoms with Gasteiger partial charge in [0.1, 0.15) is 5.75 Å². The van der Waals surface area contributed by atoms with Crippen molar-refractivity contribution >= 4 is 11.6 Å². The molecule has 3 heteroatoms. The number of methoxy groups -OCH3 is 1. The molecule has 1 amide bonds. The average molecular weight is 323 g/mol. The van der Waals surface area contributed by atoms with Crippen LogP contribution in [0.4, 0.5) is 5.69 Å². The summed E-state index contributed by atoms with van der Waals surface area (Å²) in [4.78, 5) is 13.2. The van der Waals surface area contributed by atoms with Crippen LogP contribution in [-0.4, -0.2) is 13.0 Å². The van der Waals surface area contributed by atoms with Gasteiger partial charge in [-0.15, -0.1) is 0 Å². The summed E-state index contributed by atoms with van der Waals surface area (Å²) in [6.45, 7) is 2.08. The normalized spacial score (nSPS) is 16.4. The SMILES string of the molecule is COc1ccc(NC(=O)C2(c3cccc(C)c3)CCCCC2)cc1. The van der Waals surface area contributed by atoms with Crippen LogP contribution < -0.4 is 10.1 Å². The second-order valence-electron chi connectivity index (χ2n) is 6.69. The van der Waals surface area contributed by atoms with Gasteiger partial charge in [-0.25, -0.2) is 0 Å². The maximum Gasteiger partial charge on any atom is 0.235 e. The molecule has 0 heterocycles. The Morgan fingerprint density at radius 2 is 1.75 bits per heavy atom. The molecule has 2 aromatic carbocycles. The van der Waals surface area contributed by atoms with E-state index in [4.69, 9.17) is 4.74 Å². The van der Waals surface area contributed by atoms with Gasteiger partial charge in [-0.1, -0.05) is 49.1 Å². The fourth-order valence-electron chi connectivity index (χ4n) is 3.67. The van der Waals surface area contributed by atoms with Gasteiger partial charge >= 0.3 is 0 Å². The number of hydrogen-bond donors (Lipinski definition) is 1. The monoisotopic (exact) mass is 323 g/mol. The van der Waals surface area contributed by atoms with Crippen molar-refractivity contribution in [1.29, 1.82) is 0 Å². The van der Waals surface area contributed by atoms with Crippen molar-refractivity contribution in [1.82, 2.24) is 0 Å². The van der Waals surface area contributed by atoms with E-state index in [-0.39, 0.29) is 5.91 Å². The summed E-state index contributed by atoms with van der Waals surface area (Å²) in [6.07, 6.45) is 5.24. The highest BCUT2D eigenvalue weighted by atomic mass is 16.5. The molecule has 0 bridgehead atoms. The maximum atomic E-state index is 13.2. The van der Waals surface area contributed by atoms with Crippen molar-refractivity contribution in [3.63, 3.8) is 0 Å². The fraction of sp³-hybridized carbons (Fsp3) is 0.381. The van der Waals surface area contributed by atoms with E-state index in [9.17, 15) is 4.79 Å². The van der Waals surface area contributed by atoms with E-state index in [0.717, 1.165) is 42.7 Å². The number of rotatable bonds is 4. The first-order valence-electron chi connectivity index (χ1n) is 8.67. The number of carbonyl (C=O) groups excluding carboxylic acids is 1. The molecule has 0 unspecified atom stereocenters. The first-order valence-corrected chi connectivity index (χ1v) is 8.67. The second-order valence-corrected chi connectivity index (χ2v) is 6.69. The summed E-state index contributed by atoms with van der Waals surface area (Å²) in [6, 6.07) is 15.9. The van der Waals surface area contributed by atoms with Gasteiger partial charge in [-0.2, -0.15) is 0 Å². The predicted molar refractivity (Wildman–Crippen MR) is 97.6 cm³/mol. The van der Waals surface area contributed by atoms with Gasteiger partial charge < -0.3 is 10.1 Å². The lowest BCUT2D eigenvalue weighted by atomic mass is 9.68. The molecule has 3 nitrogen and oxygen atoms in total. The third-order valence-corrected chi connectivity index (χ3v) is 5.06. The molecule has 1 aliphatic rings. The Bertz CT molecular complexity index is 700. The highest BCUT2D eigenvalue weighted by molar-refractivity contribution is 5.99. The molecular weight excluding hydrogens is 298 g/mol. The molecule has 0 spiro atoms. The van der Waals surface area contributed by atoms with E-state index in [1.807, 2.05) is 24.3 Å². The Labute approximate surface area is 144 Å². The van der Waals surface area contributed by atoms with Gasteiger partial charge in [0, 0.05) is 5.69 Å². The smallest absolute Gasteiger partial charge is 0.235 e. The van der Waals surface area contributed by atoms with Gasteiger partial charge in [-0.05, 0) is 49.6 Å². The zero-order valence-electron chi connectivity index (χ0n) is 14.5. The lowest BCUT2D eigenvalue weighted by Crippen LogP contribution is -2.42. The van der Waals surface area contributed by atoms with Crippen molar-refractivity contribution in [2.24, 2.45) is 0 Å².